The molecule has 1 amide bonds. The van der Waals surface area contributed by atoms with Gasteiger partial charge in [-0.3, -0.25) is 4.79 Å². The van der Waals surface area contributed by atoms with Crippen molar-refractivity contribution in [3.8, 4) is 0 Å². The summed E-state index contributed by atoms with van der Waals surface area (Å²) in [6.45, 7) is 2.00. The van der Waals surface area contributed by atoms with Gasteiger partial charge >= 0.3 is 0 Å². The Morgan fingerprint density at radius 2 is 2.04 bits per heavy atom. The van der Waals surface area contributed by atoms with E-state index >= 15 is 0 Å². The summed E-state index contributed by atoms with van der Waals surface area (Å²) in [6.07, 6.45) is 1.94. The number of carbonyl (C=O) groups is 1. The molecule has 3 rings (SSSR count). The molecule has 0 spiro atoms. The first kappa shape index (κ1) is 16.4. The molecule has 5 nitrogen and oxygen atoms in total. The van der Waals surface area contributed by atoms with Crippen molar-refractivity contribution in [1.82, 2.24) is 10.2 Å². The van der Waals surface area contributed by atoms with E-state index in [2.05, 4.69) is 10.2 Å². The summed E-state index contributed by atoms with van der Waals surface area (Å²) >= 11 is 0. The first-order chi connectivity index (χ1) is 11.0. The Morgan fingerprint density at radius 3 is 2.70 bits per heavy atom. The van der Waals surface area contributed by atoms with Crippen LogP contribution in [0.15, 0.2) is 24.3 Å². The molecular formula is C17H24FN3O2. The van der Waals surface area contributed by atoms with Gasteiger partial charge in [-0.25, -0.2) is 4.39 Å². The fourth-order valence-electron chi connectivity index (χ4n) is 3.53. The normalized spacial score (nSPS) is 29.2. The number of likely N-dealkylation sites (N-methyl/N-ethyl adjacent to an activating group) is 1. The number of nitrogens with one attached hydrogen (secondary N) is 1. The zero-order valence-electron chi connectivity index (χ0n) is 13.4. The minimum absolute atomic E-state index is 0.000109. The molecule has 3 N–H and O–H groups in total. The van der Waals surface area contributed by atoms with Crippen molar-refractivity contribution < 1.29 is 13.9 Å². The van der Waals surface area contributed by atoms with Crippen molar-refractivity contribution in [3.05, 3.63) is 35.6 Å². The van der Waals surface area contributed by atoms with E-state index in [1.54, 1.807) is 12.1 Å². The summed E-state index contributed by atoms with van der Waals surface area (Å²) in [6, 6.07) is 6.29. The monoisotopic (exact) mass is 321 g/mol. The molecule has 6 heteroatoms. The van der Waals surface area contributed by atoms with Gasteiger partial charge in [0, 0.05) is 25.7 Å². The van der Waals surface area contributed by atoms with E-state index in [0.717, 1.165) is 24.9 Å². The molecule has 2 aliphatic rings. The van der Waals surface area contributed by atoms with Crippen molar-refractivity contribution in [2.24, 2.45) is 11.7 Å². The van der Waals surface area contributed by atoms with Gasteiger partial charge in [-0.15, -0.1) is 0 Å². The fourth-order valence-corrected chi connectivity index (χ4v) is 3.53. The molecular weight excluding hydrogens is 297 g/mol. The maximum atomic E-state index is 12.9. The van der Waals surface area contributed by atoms with E-state index in [4.69, 9.17) is 10.5 Å². The second-order valence-corrected chi connectivity index (χ2v) is 6.55. The zero-order chi connectivity index (χ0) is 16.4. The Kier molecular flexibility index (Phi) is 4.94. The van der Waals surface area contributed by atoms with Gasteiger partial charge in [-0.1, -0.05) is 12.1 Å². The third kappa shape index (κ3) is 3.71. The molecule has 1 aromatic carbocycles. The van der Waals surface area contributed by atoms with Crippen LogP contribution in [0.25, 0.3) is 0 Å². The smallest absolute Gasteiger partial charge is 0.227 e. The van der Waals surface area contributed by atoms with Crippen LogP contribution in [0.4, 0.5) is 4.39 Å². The second-order valence-electron chi connectivity index (χ2n) is 6.55. The second kappa shape index (κ2) is 6.95. The number of benzene rings is 1. The number of carbonyl (C=O) groups excluding carboxylic acids is 1. The Morgan fingerprint density at radius 1 is 1.35 bits per heavy atom. The Balaban J connectivity index is 1.40. The van der Waals surface area contributed by atoms with E-state index in [9.17, 15) is 9.18 Å². The van der Waals surface area contributed by atoms with Crippen molar-refractivity contribution in [2.75, 3.05) is 20.1 Å². The van der Waals surface area contributed by atoms with Crippen LogP contribution in [-0.2, 0) is 16.1 Å². The van der Waals surface area contributed by atoms with Crippen LogP contribution < -0.4 is 11.1 Å². The molecule has 126 valence electrons. The van der Waals surface area contributed by atoms with Crippen molar-refractivity contribution in [3.63, 3.8) is 0 Å². The molecule has 2 bridgehead atoms. The third-order valence-electron chi connectivity index (χ3n) is 4.79. The molecule has 0 unspecified atom stereocenters. The number of rotatable bonds is 6. The third-order valence-corrected chi connectivity index (χ3v) is 4.79. The summed E-state index contributed by atoms with van der Waals surface area (Å²) in [4.78, 5) is 14.4. The average molecular weight is 321 g/mol. The highest BCUT2D eigenvalue weighted by molar-refractivity contribution is 5.80. The highest BCUT2D eigenvalue weighted by Crippen LogP contribution is 2.38. The van der Waals surface area contributed by atoms with Gasteiger partial charge in [0.05, 0.1) is 18.1 Å². The highest BCUT2D eigenvalue weighted by Gasteiger charge is 2.50. The number of hydrogen-bond donors (Lipinski definition) is 2. The number of fused-ring (bicyclic) bond motifs is 2. The molecule has 0 aliphatic carbocycles. The Hall–Kier alpha value is -1.50. The summed E-state index contributed by atoms with van der Waals surface area (Å²) < 4.78 is 18.6. The molecule has 2 heterocycles. The lowest BCUT2D eigenvalue weighted by atomic mass is 9.84. The first-order valence-corrected chi connectivity index (χ1v) is 8.16. The summed E-state index contributed by atoms with van der Waals surface area (Å²) in [5.74, 6) is -0.441. The zero-order valence-corrected chi connectivity index (χ0v) is 13.4. The number of nitrogens with zero attached hydrogens (tertiary/aromatic N) is 1. The van der Waals surface area contributed by atoms with Crippen molar-refractivity contribution >= 4 is 5.91 Å². The summed E-state index contributed by atoms with van der Waals surface area (Å²) in [5, 5.41) is 2.97. The van der Waals surface area contributed by atoms with Crippen molar-refractivity contribution in [1.29, 1.82) is 0 Å². The molecule has 0 aromatic heterocycles. The Bertz CT molecular complexity index is 549. The molecule has 2 fully saturated rings. The van der Waals surface area contributed by atoms with E-state index in [1.165, 1.54) is 12.1 Å². The van der Waals surface area contributed by atoms with Crippen LogP contribution in [-0.4, -0.2) is 49.2 Å². The van der Waals surface area contributed by atoms with E-state index in [0.29, 0.717) is 13.1 Å². The molecule has 23 heavy (non-hydrogen) atoms. The van der Waals surface area contributed by atoms with Gasteiger partial charge in [0.1, 0.15) is 5.82 Å². The molecule has 0 radical (unpaired) electrons. The summed E-state index contributed by atoms with van der Waals surface area (Å²) in [7, 11) is 1.97. The molecule has 1 aromatic rings. The minimum Gasteiger partial charge on any atom is -0.372 e. The van der Waals surface area contributed by atoms with Gasteiger partial charge in [0.2, 0.25) is 5.91 Å². The maximum absolute atomic E-state index is 12.9. The molecule has 0 saturated carbocycles. The standard InChI is InChI=1S/C17H24FN3O2/c1-21(10-11-2-4-12(18)5-3-11)9-8-20-17(22)15-13-6-7-14(23-13)16(15)19/h2-5,13-16H,6-10,19H2,1H3,(H,20,22)/t13-,14+,15-,16+/m0/s1. The number of amides is 1. The minimum atomic E-state index is -0.229. The van der Waals surface area contributed by atoms with Crippen LogP contribution in [0.3, 0.4) is 0 Å². The number of hydrogen-bond acceptors (Lipinski definition) is 4. The van der Waals surface area contributed by atoms with E-state index < -0.39 is 0 Å². The fraction of sp³-hybridized carbons (Fsp3) is 0.588. The topological polar surface area (TPSA) is 67.6 Å². The maximum Gasteiger partial charge on any atom is 0.227 e. The number of nitrogens with two attached hydrogens (primary N) is 1. The van der Waals surface area contributed by atoms with Gasteiger partial charge in [-0.2, -0.15) is 0 Å². The summed E-state index contributed by atoms with van der Waals surface area (Å²) in [5.41, 5.74) is 7.13. The quantitative estimate of drug-likeness (QED) is 0.816. The lowest BCUT2D eigenvalue weighted by Crippen LogP contribution is -2.49. The van der Waals surface area contributed by atoms with Gasteiger partial charge < -0.3 is 20.7 Å². The lowest BCUT2D eigenvalue weighted by Gasteiger charge is -2.24. The SMILES string of the molecule is CN(CCNC(=O)[C@@H]1[C@H](N)[C@H]2CC[C@@H]1O2)Cc1ccc(F)cc1. The lowest BCUT2D eigenvalue weighted by molar-refractivity contribution is -0.126. The molecule has 4 atom stereocenters. The van der Waals surface area contributed by atoms with Gasteiger partial charge in [0.15, 0.2) is 0 Å². The number of halogens is 1. The van der Waals surface area contributed by atoms with Crippen LogP contribution in [0, 0.1) is 11.7 Å². The predicted molar refractivity (Wildman–Crippen MR) is 85.1 cm³/mol. The molecule has 2 aliphatic heterocycles. The average Bonchev–Trinajstić information content (AvgIpc) is 3.10. The van der Waals surface area contributed by atoms with Crippen molar-refractivity contribution in [2.45, 2.75) is 37.6 Å². The molecule has 2 saturated heterocycles. The van der Waals surface area contributed by atoms with Gasteiger partial charge in [0.25, 0.3) is 0 Å². The highest BCUT2D eigenvalue weighted by atomic mass is 19.1. The number of ether oxygens (including phenoxy) is 1. The van der Waals surface area contributed by atoms with Crippen LogP contribution in [0.5, 0.6) is 0 Å². The predicted octanol–water partition coefficient (Wildman–Crippen LogP) is 0.878. The van der Waals surface area contributed by atoms with E-state index in [1.807, 2.05) is 7.05 Å². The van der Waals surface area contributed by atoms with E-state index in [-0.39, 0.29) is 35.9 Å². The van der Waals surface area contributed by atoms with Gasteiger partial charge in [-0.05, 0) is 37.6 Å². The van der Waals surface area contributed by atoms with Crippen LogP contribution >= 0.6 is 0 Å². The Labute approximate surface area is 136 Å². The van der Waals surface area contributed by atoms with Crippen LogP contribution in [0.1, 0.15) is 18.4 Å². The first-order valence-electron chi connectivity index (χ1n) is 8.16. The van der Waals surface area contributed by atoms with Crippen LogP contribution in [0.2, 0.25) is 0 Å². The largest absolute Gasteiger partial charge is 0.372 e.